The molecule has 9 aromatic carbocycles. The van der Waals surface area contributed by atoms with E-state index in [-0.39, 0.29) is 5.41 Å². The molecule has 3 heterocycles. The van der Waals surface area contributed by atoms with Crippen molar-refractivity contribution >= 4 is 65.4 Å². The number of hydrogen-bond donors (Lipinski definition) is 0. The minimum atomic E-state index is -0.119. The van der Waals surface area contributed by atoms with Crippen molar-refractivity contribution in [2.75, 3.05) is 0 Å². The molecule has 0 saturated carbocycles. The molecule has 1 aliphatic carbocycles. The number of nitrogens with zero attached hydrogens (tertiary/aromatic N) is 3. The number of aromatic nitrogens is 3. The van der Waals surface area contributed by atoms with Gasteiger partial charge in [-0.2, -0.15) is 0 Å². The molecule has 13 rings (SSSR count). The summed E-state index contributed by atoms with van der Waals surface area (Å²) in [6.07, 6.45) is 0. The molecular formula is C57H39N3. The number of para-hydroxylation sites is 4. The van der Waals surface area contributed by atoms with Crippen LogP contribution in [-0.2, 0) is 5.41 Å². The van der Waals surface area contributed by atoms with Gasteiger partial charge in [0.05, 0.1) is 33.1 Å². The Morgan fingerprint density at radius 2 is 0.767 bits per heavy atom. The molecule has 3 nitrogen and oxygen atoms in total. The summed E-state index contributed by atoms with van der Waals surface area (Å²) >= 11 is 0. The first-order valence-electron chi connectivity index (χ1n) is 20.9. The Labute approximate surface area is 347 Å². The molecule has 0 unspecified atom stereocenters. The summed E-state index contributed by atoms with van der Waals surface area (Å²) in [5.41, 5.74) is 18.5. The monoisotopic (exact) mass is 765 g/mol. The Balaban J connectivity index is 1.07. The van der Waals surface area contributed by atoms with Crippen LogP contribution in [0.15, 0.2) is 200 Å². The summed E-state index contributed by atoms with van der Waals surface area (Å²) in [6.45, 7) is 4.76. The zero-order valence-corrected chi connectivity index (χ0v) is 33.4. The van der Waals surface area contributed by atoms with Gasteiger partial charge < -0.3 is 13.7 Å². The van der Waals surface area contributed by atoms with Gasteiger partial charge in [-0.1, -0.05) is 129 Å². The van der Waals surface area contributed by atoms with Crippen LogP contribution < -0.4 is 0 Å². The van der Waals surface area contributed by atoms with Crippen LogP contribution in [0.1, 0.15) is 25.0 Å². The second-order valence-electron chi connectivity index (χ2n) is 17.0. The van der Waals surface area contributed by atoms with E-state index in [0.717, 1.165) is 5.69 Å². The zero-order chi connectivity index (χ0) is 39.7. The normalized spacial score (nSPS) is 13.3. The van der Waals surface area contributed by atoms with Gasteiger partial charge in [-0.15, -0.1) is 0 Å². The fraction of sp³-hybridized carbons (Fsp3) is 0.0526. The zero-order valence-electron chi connectivity index (χ0n) is 33.4. The number of fused-ring (bicyclic) bond motifs is 12. The van der Waals surface area contributed by atoms with Crippen LogP contribution in [-0.4, -0.2) is 13.7 Å². The minimum Gasteiger partial charge on any atom is -0.309 e. The molecule has 0 atom stereocenters. The average Bonchev–Trinajstić information content (AvgIpc) is 3.99. The Hall–Kier alpha value is -7.62. The van der Waals surface area contributed by atoms with Crippen LogP contribution in [0.2, 0.25) is 0 Å². The highest BCUT2D eigenvalue weighted by Crippen LogP contribution is 2.51. The second-order valence-corrected chi connectivity index (χ2v) is 17.0. The summed E-state index contributed by atoms with van der Waals surface area (Å²) in [5.74, 6) is 0. The summed E-state index contributed by atoms with van der Waals surface area (Å²) < 4.78 is 7.32. The van der Waals surface area contributed by atoms with E-state index >= 15 is 0 Å². The molecule has 282 valence electrons. The quantitative estimate of drug-likeness (QED) is 0.169. The molecule has 0 fully saturated rings. The second kappa shape index (κ2) is 12.2. The molecule has 0 bridgehead atoms. The maximum absolute atomic E-state index is 2.51. The van der Waals surface area contributed by atoms with E-state index in [9.17, 15) is 0 Å². The first kappa shape index (κ1) is 33.4. The Morgan fingerprint density at radius 1 is 0.283 bits per heavy atom. The van der Waals surface area contributed by atoms with Crippen molar-refractivity contribution in [2.24, 2.45) is 0 Å². The van der Waals surface area contributed by atoms with E-state index in [1.165, 1.54) is 110 Å². The molecule has 0 spiro atoms. The van der Waals surface area contributed by atoms with Crippen LogP contribution in [0.3, 0.4) is 0 Å². The van der Waals surface area contributed by atoms with Gasteiger partial charge in [0.15, 0.2) is 0 Å². The SMILES string of the molecule is CC1(C)c2ccccc2-c2cc3c4cc(-c5ccc6c7ccccc7n(-c7ccccc7)c6c5)ccc4n(-c4ccc5c(c4)c4ccccc4n5-c4ccccc4)c3cc21. The fourth-order valence-corrected chi connectivity index (χ4v) is 10.6. The molecular weight excluding hydrogens is 727 g/mol. The molecule has 3 aromatic heterocycles. The van der Waals surface area contributed by atoms with Crippen molar-refractivity contribution in [1.82, 2.24) is 13.7 Å². The summed E-state index contributed by atoms with van der Waals surface area (Å²) in [6, 6.07) is 74.1. The van der Waals surface area contributed by atoms with E-state index in [1.807, 2.05) is 0 Å². The molecule has 0 saturated heterocycles. The molecule has 1 aliphatic rings. The number of hydrogen-bond acceptors (Lipinski definition) is 0. The third-order valence-corrected chi connectivity index (χ3v) is 13.4. The van der Waals surface area contributed by atoms with E-state index < -0.39 is 0 Å². The number of rotatable bonds is 4. The maximum Gasteiger partial charge on any atom is 0.0547 e. The lowest BCUT2D eigenvalue weighted by atomic mass is 9.82. The van der Waals surface area contributed by atoms with E-state index in [0.29, 0.717) is 0 Å². The lowest BCUT2D eigenvalue weighted by Crippen LogP contribution is -2.14. The van der Waals surface area contributed by atoms with Crippen molar-refractivity contribution in [3.63, 3.8) is 0 Å². The van der Waals surface area contributed by atoms with Gasteiger partial charge >= 0.3 is 0 Å². The van der Waals surface area contributed by atoms with Crippen LogP contribution in [0, 0.1) is 0 Å². The Morgan fingerprint density at radius 3 is 1.50 bits per heavy atom. The predicted molar refractivity (Wildman–Crippen MR) is 252 cm³/mol. The van der Waals surface area contributed by atoms with Crippen molar-refractivity contribution in [3.8, 4) is 39.3 Å². The highest BCUT2D eigenvalue weighted by molar-refractivity contribution is 6.15. The lowest BCUT2D eigenvalue weighted by molar-refractivity contribution is 0.661. The van der Waals surface area contributed by atoms with Crippen molar-refractivity contribution in [2.45, 2.75) is 19.3 Å². The van der Waals surface area contributed by atoms with E-state index in [1.54, 1.807) is 0 Å². The molecule has 3 heteroatoms. The van der Waals surface area contributed by atoms with Gasteiger partial charge in [-0.05, 0) is 118 Å². The largest absolute Gasteiger partial charge is 0.309 e. The highest BCUT2D eigenvalue weighted by Gasteiger charge is 2.36. The lowest BCUT2D eigenvalue weighted by Gasteiger charge is -2.21. The van der Waals surface area contributed by atoms with Gasteiger partial charge in [0, 0.05) is 54.8 Å². The highest BCUT2D eigenvalue weighted by atomic mass is 15.0. The van der Waals surface area contributed by atoms with Crippen molar-refractivity contribution < 1.29 is 0 Å². The Bertz CT molecular complexity index is 3730. The van der Waals surface area contributed by atoms with Crippen molar-refractivity contribution in [3.05, 3.63) is 211 Å². The Kier molecular flexibility index (Phi) is 6.78. The van der Waals surface area contributed by atoms with Gasteiger partial charge in [-0.25, -0.2) is 0 Å². The summed E-state index contributed by atoms with van der Waals surface area (Å²) in [7, 11) is 0. The molecule has 60 heavy (non-hydrogen) atoms. The predicted octanol–water partition coefficient (Wildman–Crippen LogP) is 15.0. The topological polar surface area (TPSA) is 14.8 Å². The third-order valence-electron chi connectivity index (χ3n) is 13.4. The van der Waals surface area contributed by atoms with Crippen LogP contribution in [0.4, 0.5) is 0 Å². The standard InChI is InChI=1S/C57H39N3/c1-57(2)49-22-12-9-19-41(49)45-34-48-46-31-36(37-25-28-44-42-20-10-13-23-51(42)59(55(44)32-37)39-17-7-4-8-18-39)26-29-53(46)60(56(48)35-50(45)57)40-27-30-54-47(33-40)43-21-11-14-24-52(43)58(54)38-15-5-3-6-16-38/h3-35H,1-2H3. The number of benzene rings is 9. The van der Waals surface area contributed by atoms with E-state index in [4.69, 9.17) is 0 Å². The van der Waals surface area contributed by atoms with Gasteiger partial charge in [0.25, 0.3) is 0 Å². The van der Waals surface area contributed by atoms with Gasteiger partial charge in [0.2, 0.25) is 0 Å². The van der Waals surface area contributed by atoms with Crippen molar-refractivity contribution in [1.29, 1.82) is 0 Å². The van der Waals surface area contributed by atoms with Crippen LogP contribution in [0.25, 0.3) is 105 Å². The van der Waals surface area contributed by atoms with Gasteiger partial charge in [0.1, 0.15) is 0 Å². The molecule has 12 aromatic rings. The average molecular weight is 766 g/mol. The summed E-state index contributed by atoms with van der Waals surface area (Å²) in [5, 5.41) is 7.54. The van der Waals surface area contributed by atoms with E-state index in [2.05, 4.69) is 228 Å². The first-order valence-corrected chi connectivity index (χ1v) is 20.9. The molecule has 0 amide bonds. The van der Waals surface area contributed by atoms with Gasteiger partial charge in [-0.3, -0.25) is 0 Å². The smallest absolute Gasteiger partial charge is 0.0547 e. The van der Waals surface area contributed by atoms with Crippen LogP contribution >= 0.6 is 0 Å². The molecule has 0 radical (unpaired) electrons. The fourth-order valence-electron chi connectivity index (χ4n) is 10.6. The minimum absolute atomic E-state index is 0.119. The third kappa shape index (κ3) is 4.55. The first-order chi connectivity index (χ1) is 29.5. The maximum atomic E-state index is 2.51. The molecule has 0 N–H and O–H groups in total. The van der Waals surface area contributed by atoms with Crippen LogP contribution in [0.5, 0.6) is 0 Å². The molecule has 0 aliphatic heterocycles. The summed E-state index contributed by atoms with van der Waals surface area (Å²) in [4.78, 5) is 0.